The third-order valence-electron chi connectivity index (χ3n) is 4.03. The fraction of sp³-hybridized carbons (Fsp3) is 0.625. The molecule has 1 aliphatic carbocycles. The second-order valence-corrected chi connectivity index (χ2v) is 5.59. The van der Waals surface area contributed by atoms with E-state index in [1.54, 1.807) is 5.56 Å². The number of benzene rings is 1. The second kappa shape index (κ2) is 5.85. The predicted octanol–water partition coefficient (Wildman–Crippen LogP) is 3.22. The number of ether oxygens (including phenoxy) is 1. The van der Waals surface area contributed by atoms with Gasteiger partial charge in [-0.25, -0.2) is 0 Å². The lowest BCUT2D eigenvalue weighted by atomic mass is 10.0. The highest BCUT2D eigenvalue weighted by Crippen LogP contribution is 2.41. The molecule has 1 aromatic rings. The summed E-state index contributed by atoms with van der Waals surface area (Å²) >= 11 is 0. The molecule has 0 amide bonds. The van der Waals surface area contributed by atoms with Gasteiger partial charge in [0.15, 0.2) is 0 Å². The minimum absolute atomic E-state index is 0.437. The molecule has 2 nitrogen and oxygen atoms in total. The van der Waals surface area contributed by atoms with Crippen molar-refractivity contribution in [3.8, 4) is 0 Å². The van der Waals surface area contributed by atoms with Crippen molar-refractivity contribution in [2.45, 2.75) is 50.7 Å². The van der Waals surface area contributed by atoms with Crippen LogP contribution >= 0.6 is 0 Å². The highest BCUT2D eigenvalue weighted by Gasteiger charge is 2.25. The van der Waals surface area contributed by atoms with Crippen LogP contribution in [0.15, 0.2) is 24.3 Å². The quantitative estimate of drug-likeness (QED) is 0.860. The lowest BCUT2D eigenvalue weighted by Crippen LogP contribution is -2.31. The highest BCUT2D eigenvalue weighted by atomic mass is 16.5. The number of rotatable bonds is 5. The van der Waals surface area contributed by atoms with E-state index in [-0.39, 0.29) is 0 Å². The Hall–Kier alpha value is -0.860. The molecule has 2 heteroatoms. The average molecular weight is 245 g/mol. The molecule has 18 heavy (non-hydrogen) atoms. The van der Waals surface area contributed by atoms with Gasteiger partial charge in [-0.05, 0) is 49.1 Å². The lowest BCUT2D eigenvalue weighted by molar-refractivity contribution is 0.0168. The maximum atomic E-state index is 5.74. The third kappa shape index (κ3) is 3.12. The van der Waals surface area contributed by atoms with Gasteiger partial charge >= 0.3 is 0 Å². The van der Waals surface area contributed by atoms with E-state index in [4.69, 9.17) is 4.74 Å². The molecule has 1 heterocycles. The Morgan fingerprint density at radius 3 is 2.78 bits per heavy atom. The number of hydrogen-bond acceptors (Lipinski definition) is 2. The molecular formula is C16H23NO. The molecule has 1 N–H and O–H groups in total. The number of hydrogen-bond donors (Lipinski definition) is 1. The smallest absolute Gasteiger partial charge is 0.0699 e. The Bertz CT molecular complexity index is 380. The molecule has 1 saturated carbocycles. The third-order valence-corrected chi connectivity index (χ3v) is 4.03. The van der Waals surface area contributed by atoms with Gasteiger partial charge < -0.3 is 10.1 Å². The van der Waals surface area contributed by atoms with Gasteiger partial charge in [0.25, 0.3) is 0 Å². The van der Waals surface area contributed by atoms with Crippen LogP contribution in [0.4, 0.5) is 0 Å². The lowest BCUT2D eigenvalue weighted by Gasteiger charge is -2.23. The molecule has 1 unspecified atom stereocenters. The van der Waals surface area contributed by atoms with Crippen LogP contribution in [0.3, 0.4) is 0 Å². The van der Waals surface area contributed by atoms with E-state index >= 15 is 0 Å². The second-order valence-electron chi connectivity index (χ2n) is 5.59. The van der Waals surface area contributed by atoms with Gasteiger partial charge in [-0.2, -0.15) is 0 Å². The molecule has 98 valence electrons. The molecular weight excluding hydrogens is 222 g/mol. The van der Waals surface area contributed by atoms with Gasteiger partial charge in [0.1, 0.15) is 0 Å². The summed E-state index contributed by atoms with van der Waals surface area (Å²) < 4.78 is 5.74. The molecule has 0 spiro atoms. The van der Waals surface area contributed by atoms with Crippen molar-refractivity contribution < 1.29 is 4.74 Å². The van der Waals surface area contributed by atoms with Gasteiger partial charge in [-0.3, -0.25) is 0 Å². The maximum Gasteiger partial charge on any atom is 0.0699 e. The summed E-state index contributed by atoms with van der Waals surface area (Å²) in [6.07, 6.45) is 6.97. The van der Waals surface area contributed by atoms with Gasteiger partial charge in [-0.15, -0.1) is 0 Å². The Morgan fingerprint density at radius 2 is 2.00 bits per heavy atom. The first-order valence-electron chi connectivity index (χ1n) is 7.33. The molecule has 0 radical (unpaired) electrons. The van der Waals surface area contributed by atoms with E-state index in [2.05, 4.69) is 29.6 Å². The zero-order valence-electron chi connectivity index (χ0n) is 11.0. The van der Waals surface area contributed by atoms with Crippen molar-refractivity contribution >= 4 is 0 Å². The Kier molecular flexibility index (Phi) is 3.96. The maximum absolute atomic E-state index is 5.74. The van der Waals surface area contributed by atoms with Crippen LogP contribution < -0.4 is 5.32 Å². The van der Waals surface area contributed by atoms with Crippen molar-refractivity contribution in [2.75, 3.05) is 13.2 Å². The summed E-state index contributed by atoms with van der Waals surface area (Å²) in [5.41, 5.74) is 3.05. The first-order valence-corrected chi connectivity index (χ1v) is 7.33. The molecule has 2 aliphatic rings. The fourth-order valence-electron chi connectivity index (χ4n) is 2.82. The zero-order valence-corrected chi connectivity index (χ0v) is 11.0. The van der Waals surface area contributed by atoms with Gasteiger partial charge in [-0.1, -0.05) is 24.3 Å². The molecule has 1 aliphatic heterocycles. The first kappa shape index (κ1) is 12.2. The molecule has 1 saturated heterocycles. The van der Waals surface area contributed by atoms with Crippen LogP contribution in [0.25, 0.3) is 0 Å². The SMILES string of the molecule is c1ccc(C2CC2)c(CNCC2CCCCO2)c1. The minimum atomic E-state index is 0.437. The average Bonchev–Trinajstić information content (AvgIpc) is 3.25. The molecule has 2 fully saturated rings. The van der Waals surface area contributed by atoms with E-state index in [0.29, 0.717) is 6.10 Å². The van der Waals surface area contributed by atoms with Crippen LogP contribution in [0.5, 0.6) is 0 Å². The Morgan fingerprint density at radius 1 is 1.11 bits per heavy atom. The normalized spacial score (nSPS) is 24.1. The molecule has 0 bridgehead atoms. The summed E-state index contributed by atoms with van der Waals surface area (Å²) in [7, 11) is 0. The van der Waals surface area contributed by atoms with Crippen molar-refractivity contribution in [3.63, 3.8) is 0 Å². The zero-order chi connectivity index (χ0) is 12.2. The van der Waals surface area contributed by atoms with Gasteiger partial charge in [0.05, 0.1) is 6.10 Å². The van der Waals surface area contributed by atoms with E-state index < -0.39 is 0 Å². The minimum Gasteiger partial charge on any atom is -0.377 e. The van der Waals surface area contributed by atoms with Crippen LogP contribution in [0, 0.1) is 0 Å². The summed E-state index contributed by atoms with van der Waals surface area (Å²) in [5.74, 6) is 0.842. The van der Waals surface area contributed by atoms with E-state index in [9.17, 15) is 0 Å². The summed E-state index contributed by atoms with van der Waals surface area (Å²) in [4.78, 5) is 0. The monoisotopic (exact) mass is 245 g/mol. The Labute approximate surface area is 110 Å². The van der Waals surface area contributed by atoms with Crippen molar-refractivity contribution in [2.24, 2.45) is 0 Å². The molecule has 3 rings (SSSR count). The standard InChI is InChI=1S/C16H23NO/c1-2-7-16(13-8-9-13)14(5-1)11-17-12-15-6-3-4-10-18-15/h1-2,5,7,13,15,17H,3-4,6,8-12H2. The summed E-state index contributed by atoms with van der Waals surface area (Å²) in [6.45, 7) is 2.94. The first-order chi connectivity index (χ1) is 8.93. The van der Waals surface area contributed by atoms with Crippen molar-refractivity contribution in [3.05, 3.63) is 35.4 Å². The van der Waals surface area contributed by atoms with E-state index in [0.717, 1.165) is 25.6 Å². The summed E-state index contributed by atoms with van der Waals surface area (Å²) in [6, 6.07) is 8.88. The topological polar surface area (TPSA) is 21.3 Å². The van der Waals surface area contributed by atoms with E-state index in [1.165, 1.54) is 37.7 Å². The van der Waals surface area contributed by atoms with E-state index in [1.807, 2.05) is 0 Å². The van der Waals surface area contributed by atoms with Gasteiger partial charge in [0.2, 0.25) is 0 Å². The summed E-state index contributed by atoms with van der Waals surface area (Å²) in [5, 5.41) is 3.57. The number of nitrogens with one attached hydrogen (secondary N) is 1. The van der Waals surface area contributed by atoms with Crippen molar-refractivity contribution in [1.29, 1.82) is 0 Å². The molecule has 1 aromatic carbocycles. The fourth-order valence-corrected chi connectivity index (χ4v) is 2.82. The van der Waals surface area contributed by atoms with Crippen molar-refractivity contribution in [1.82, 2.24) is 5.32 Å². The molecule has 1 atom stereocenters. The predicted molar refractivity (Wildman–Crippen MR) is 73.7 cm³/mol. The Balaban J connectivity index is 1.50. The molecule has 0 aromatic heterocycles. The highest BCUT2D eigenvalue weighted by molar-refractivity contribution is 5.33. The van der Waals surface area contributed by atoms with Crippen LogP contribution in [-0.2, 0) is 11.3 Å². The van der Waals surface area contributed by atoms with Crippen LogP contribution in [0.1, 0.15) is 49.1 Å². The van der Waals surface area contributed by atoms with Crippen LogP contribution in [-0.4, -0.2) is 19.3 Å². The van der Waals surface area contributed by atoms with Gasteiger partial charge in [0, 0.05) is 19.7 Å². The van der Waals surface area contributed by atoms with Crippen LogP contribution in [0.2, 0.25) is 0 Å². The largest absolute Gasteiger partial charge is 0.377 e.